The minimum atomic E-state index is -1.46. The van der Waals surface area contributed by atoms with Crippen LogP contribution in [0.1, 0.15) is 138 Å². The fourth-order valence-electron chi connectivity index (χ4n) is 21.3. The summed E-state index contributed by atoms with van der Waals surface area (Å²) in [5, 5.41) is 47.2. The molecule has 23 atom stereocenters. The molecule has 8 aliphatic heterocycles. The first-order valence-corrected chi connectivity index (χ1v) is 26.4. The number of ketones is 1. The molecule has 16 aliphatic rings. The van der Waals surface area contributed by atoms with Gasteiger partial charge in [-0.3, -0.25) is 4.79 Å². The molecule has 0 radical (unpaired) electrons. The smallest absolute Gasteiger partial charge is 0.201 e. The van der Waals surface area contributed by atoms with Gasteiger partial charge in [0.05, 0.1) is 36.9 Å². The van der Waals surface area contributed by atoms with Crippen molar-refractivity contribution in [2.24, 2.45) is 80.8 Å². The first-order valence-electron chi connectivity index (χ1n) is 26.4. The maximum absolute atomic E-state index is 15.0. The number of hydrogen-bond donors (Lipinski definition) is 4. The summed E-state index contributed by atoms with van der Waals surface area (Å²) in [6.07, 6.45) is 15.9. The molecule has 11 heteroatoms. The quantitative estimate of drug-likeness (QED) is 0.169. The molecule has 6 saturated heterocycles. The minimum absolute atomic E-state index is 0.0110. The Hall–Kier alpha value is -1.83. The van der Waals surface area contributed by atoms with Crippen LogP contribution in [0.2, 0.25) is 0 Å². The Balaban J connectivity index is 0.696. The van der Waals surface area contributed by atoms with E-state index in [4.69, 9.17) is 18.9 Å². The van der Waals surface area contributed by atoms with Crippen molar-refractivity contribution in [2.75, 3.05) is 19.8 Å². The Morgan fingerprint density at radius 3 is 2.31 bits per heavy atom. The van der Waals surface area contributed by atoms with Crippen molar-refractivity contribution < 1.29 is 44.2 Å². The highest BCUT2D eigenvalue weighted by atomic mass is 16.7. The summed E-state index contributed by atoms with van der Waals surface area (Å²) in [5.41, 5.74) is 2.32. The Bertz CT molecular complexity index is 2340. The number of Topliss-reactive ketones (excluding diaryl/α,β-unsaturated/α-hetero) is 1. The number of aliphatic hydroxyl groups excluding tert-OH is 3. The first-order chi connectivity index (χ1) is 30.8. The molecule has 11 nitrogen and oxygen atoms in total. The van der Waals surface area contributed by atoms with E-state index in [0.29, 0.717) is 54.8 Å². The number of ether oxygens (including phenoxy) is 4. The minimum Gasteiger partial charge on any atom is -0.393 e. The third-order valence-electron chi connectivity index (χ3n) is 24.8. The van der Waals surface area contributed by atoms with E-state index < -0.39 is 57.8 Å². The lowest BCUT2D eigenvalue weighted by atomic mass is 9.44. The summed E-state index contributed by atoms with van der Waals surface area (Å²) >= 11 is 0. The van der Waals surface area contributed by atoms with E-state index in [9.17, 15) is 20.4 Å². The topological polar surface area (TPSA) is 141 Å². The van der Waals surface area contributed by atoms with Gasteiger partial charge in [-0.25, -0.2) is 0 Å². The van der Waals surface area contributed by atoms with Crippen LogP contribution in [0.15, 0.2) is 34.7 Å². The molecule has 0 amide bonds. The van der Waals surface area contributed by atoms with Gasteiger partial charge in [-0.15, -0.1) is 0 Å². The van der Waals surface area contributed by atoms with Crippen LogP contribution in [0, 0.1) is 80.8 Å². The van der Waals surface area contributed by atoms with Crippen molar-refractivity contribution >= 4 is 5.78 Å². The van der Waals surface area contributed by atoms with Crippen LogP contribution < -0.4 is 0 Å². The van der Waals surface area contributed by atoms with Gasteiger partial charge in [0.2, 0.25) is 5.79 Å². The summed E-state index contributed by atoms with van der Waals surface area (Å²) in [5.74, 6) is 1.39. The Morgan fingerprint density at radius 1 is 0.815 bits per heavy atom. The molecule has 0 aromatic rings. The Labute approximate surface area is 384 Å². The second-order valence-electron chi connectivity index (χ2n) is 26.7. The molecule has 8 heterocycles. The van der Waals surface area contributed by atoms with E-state index in [1.807, 2.05) is 6.92 Å². The number of carbonyl (C=O) groups excluding carboxylic acids is 1. The van der Waals surface area contributed by atoms with Gasteiger partial charge in [0, 0.05) is 47.9 Å². The predicted octanol–water partition coefficient (Wildman–Crippen LogP) is 6.54. The molecule has 8 aliphatic carbocycles. The molecule has 5 saturated carbocycles. The first kappa shape index (κ1) is 41.0. The Kier molecular flexibility index (Phi) is 7.36. The van der Waals surface area contributed by atoms with Crippen molar-refractivity contribution in [1.82, 2.24) is 9.80 Å². The maximum Gasteiger partial charge on any atom is 0.201 e. The van der Waals surface area contributed by atoms with Crippen LogP contribution >= 0.6 is 0 Å². The van der Waals surface area contributed by atoms with Gasteiger partial charge in [-0.1, -0.05) is 64.8 Å². The van der Waals surface area contributed by atoms with Crippen molar-refractivity contribution in [3.05, 3.63) is 34.7 Å². The van der Waals surface area contributed by atoms with E-state index in [1.54, 1.807) is 18.3 Å². The van der Waals surface area contributed by atoms with Gasteiger partial charge in [-0.2, -0.15) is 0 Å². The van der Waals surface area contributed by atoms with Gasteiger partial charge in [-0.05, 0) is 136 Å². The number of allylic oxidation sites excluding steroid dienone is 3. The van der Waals surface area contributed by atoms with Gasteiger partial charge in [0.25, 0.3) is 0 Å². The van der Waals surface area contributed by atoms with E-state index in [2.05, 4.69) is 56.6 Å². The molecule has 354 valence electrons. The van der Waals surface area contributed by atoms with Crippen molar-refractivity contribution in [3.8, 4) is 0 Å². The molecule has 4 N–H and O–H groups in total. The van der Waals surface area contributed by atoms with Crippen LogP contribution in [-0.2, 0) is 23.7 Å². The molecular weight excluding hydrogens is 821 g/mol. The van der Waals surface area contributed by atoms with E-state index >= 15 is 4.79 Å². The second-order valence-corrected chi connectivity index (χ2v) is 26.7. The lowest BCUT2D eigenvalue weighted by Crippen LogP contribution is -2.64. The van der Waals surface area contributed by atoms with Crippen molar-refractivity contribution in [3.63, 3.8) is 0 Å². The largest absolute Gasteiger partial charge is 0.393 e. The monoisotopic (exact) mass is 895 g/mol. The van der Waals surface area contributed by atoms with Gasteiger partial charge in [0.15, 0.2) is 17.1 Å². The van der Waals surface area contributed by atoms with E-state index in [1.165, 1.54) is 24.8 Å². The van der Waals surface area contributed by atoms with Crippen LogP contribution in [0.3, 0.4) is 0 Å². The number of carbonyl (C=O) groups is 1. The highest BCUT2D eigenvalue weighted by molar-refractivity contribution is 5.91. The summed E-state index contributed by atoms with van der Waals surface area (Å²) in [6.45, 7) is 16.5. The molecule has 16 rings (SSSR count). The van der Waals surface area contributed by atoms with Crippen molar-refractivity contribution in [2.45, 2.75) is 191 Å². The van der Waals surface area contributed by atoms with Gasteiger partial charge >= 0.3 is 0 Å². The third kappa shape index (κ3) is 4.00. The summed E-state index contributed by atoms with van der Waals surface area (Å²) in [4.78, 5) is 20.9. The zero-order chi connectivity index (χ0) is 44.8. The van der Waals surface area contributed by atoms with Crippen LogP contribution in [0.5, 0.6) is 0 Å². The SMILES string of the molecule is CC1CC[C@@]2(OC1)OC[C@]13C(=O)C[C@H]4[C@@H](CC[C@H]5CC67N8C9=C(C[C@@]%10(C)[C@@H](CC[C@H]%11C%12=C[C@@H]%13O[C@]%14(O[C@](C)(CO)C[C@H]%14O)[C@@H](C)[C@]%13(O)[C@@]%12(C)[C@H](O)C[C@@H]%11%10)C9)N6C87C[C@@]54C)C1=CC[C@@H]3[C@@H]2C. The number of fused-ring (bicyclic) bond motifs is 11. The molecule has 11 fully saturated rings. The normalized spacial score (nSPS) is 63.6. The second kappa shape index (κ2) is 11.7. The highest BCUT2D eigenvalue weighted by Gasteiger charge is 3.03. The maximum atomic E-state index is 15.0. The van der Waals surface area contributed by atoms with Crippen LogP contribution in [-0.4, -0.2) is 108 Å². The number of hydrogen-bond acceptors (Lipinski definition) is 11. The average molecular weight is 895 g/mol. The fraction of sp³-hybridized carbons (Fsp3) is 0.870. The molecule has 2 bridgehead atoms. The lowest BCUT2D eigenvalue weighted by molar-refractivity contribution is -0.331. The van der Waals surface area contributed by atoms with E-state index in [-0.39, 0.29) is 58.9 Å². The molecule has 65 heavy (non-hydrogen) atoms. The number of nitrogens with zero attached hydrogens (tertiary/aromatic N) is 2. The fourth-order valence-corrected chi connectivity index (χ4v) is 21.3. The molecule has 0 aromatic heterocycles. The highest BCUT2D eigenvalue weighted by Crippen LogP contribution is 2.91. The zero-order valence-corrected chi connectivity index (χ0v) is 39.9. The summed E-state index contributed by atoms with van der Waals surface area (Å²) in [6, 6.07) is 0. The molecule has 3 unspecified atom stereocenters. The molecule has 5 spiro atoms. The standard InChI is InChI=1S/C54H74N2O9/c1-27-14-15-50(62-23-27)28(2)34-12-13-35-32-11-9-31-20-51-52(24-47(31,6)37(32)18-42(59)49(34,35)26-63-50)55(51)39-16-30-8-10-33-36(46(30,5)21-40(39)56(51)52)17-41(58)48(7)38(33)19-44-53(48,61)29(3)54(64-44)43(60)22-45(4,25-57)65-54/h13,19,27-34,36-37,41,43-44,57-58,60-61H,8-12,14-18,20-26H2,1-7H3/t27?,28-,29-,30-,31-,32-,33+,34+,36-,37-,41+,43+,44-,45-,46-,47-,48+,49+,50+,51?,52?,53+,54-,55?,56?/m0/s1. The molecular formula is C54H74N2O9. The van der Waals surface area contributed by atoms with Gasteiger partial charge in [0.1, 0.15) is 23.6 Å². The summed E-state index contributed by atoms with van der Waals surface area (Å²) in [7, 11) is 0. The zero-order valence-electron chi connectivity index (χ0n) is 39.9. The lowest BCUT2D eigenvalue weighted by Gasteiger charge is -2.61. The van der Waals surface area contributed by atoms with Crippen LogP contribution in [0.4, 0.5) is 0 Å². The van der Waals surface area contributed by atoms with Crippen LogP contribution in [0.25, 0.3) is 0 Å². The number of rotatable bonds is 1. The van der Waals surface area contributed by atoms with Crippen molar-refractivity contribution in [1.29, 1.82) is 0 Å². The van der Waals surface area contributed by atoms with E-state index in [0.717, 1.165) is 63.5 Å². The van der Waals surface area contributed by atoms with Gasteiger partial charge < -0.3 is 49.2 Å². The summed E-state index contributed by atoms with van der Waals surface area (Å²) < 4.78 is 26.5. The Morgan fingerprint density at radius 2 is 1.57 bits per heavy atom. The molecule has 0 aromatic carbocycles. The third-order valence-corrected chi connectivity index (χ3v) is 24.8. The number of aliphatic hydroxyl groups is 4. The average Bonchev–Trinajstić information content (AvgIpc) is 3.53. The predicted molar refractivity (Wildman–Crippen MR) is 236 cm³/mol.